The van der Waals surface area contributed by atoms with E-state index in [2.05, 4.69) is 20.7 Å². The van der Waals surface area contributed by atoms with E-state index in [9.17, 15) is 13.6 Å². The number of halogens is 1. The van der Waals surface area contributed by atoms with Gasteiger partial charge in [0.1, 0.15) is 0 Å². The summed E-state index contributed by atoms with van der Waals surface area (Å²) in [4.78, 5) is 0.132. The van der Waals surface area contributed by atoms with Crippen LogP contribution in [0.1, 0.15) is 18.1 Å². The number of hydrogen-bond donors (Lipinski definition) is 2. The number of hydrogen-bond acceptors (Lipinski definition) is 4. The topological polar surface area (TPSA) is 81.3 Å². The van der Waals surface area contributed by atoms with Gasteiger partial charge in [-0.05, 0) is 43.7 Å². The summed E-state index contributed by atoms with van der Waals surface area (Å²) in [6.07, 6.45) is 3.48. The Balaban J connectivity index is 2.48. The Hall–Kier alpha value is -1.83. The minimum Gasteiger partial charge on any atom is -0.761 e. The van der Waals surface area contributed by atoms with Gasteiger partial charge in [0.15, 0.2) is 0 Å². The van der Waals surface area contributed by atoms with E-state index in [0.29, 0.717) is 10.0 Å². The molecular formula is C16H16BrN2O3S-. The molecule has 0 spiro atoms. The van der Waals surface area contributed by atoms with E-state index in [1.165, 1.54) is 12.1 Å². The fraction of sp³-hybridized carbons (Fsp3) is 0.125. The summed E-state index contributed by atoms with van der Waals surface area (Å²) in [5, 5.41) is 11.3. The predicted octanol–water partition coefficient (Wildman–Crippen LogP) is 4.50. The first-order valence-corrected chi connectivity index (χ1v) is 9.09. The Bertz CT molecular complexity index is 831. The molecule has 0 unspecified atom stereocenters. The van der Waals surface area contributed by atoms with Crippen molar-refractivity contribution in [2.75, 3.05) is 10.2 Å². The molecule has 0 saturated carbocycles. The van der Waals surface area contributed by atoms with Crippen LogP contribution in [-0.2, 0) is 10.0 Å². The van der Waals surface area contributed by atoms with Crippen LogP contribution < -0.4 is 10.2 Å². The maximum Gasteiger partial charge on any atom is 0.261 e. The first-order valence-electron chi connectivity index (χ1n) is 6.81. The van der Waals surface area contributed by atoms with Crippen LogP contribution in [0.4, 0.5) is 11.4 Å². The SMILES string of the molecule is C/C=C\c1cc(Br)cc(NS(=O)(=O)c2ccc(C)cc2)c1N[O-]. The average molecular weight is 396 g/mol. The van der Waals surface area contributed by atoms with Crippen LogP contribution in [0.15, 0.2) is 51.8 Å². The molecule has 23 heavy (non-hydrogen) atoms. The Kier molecular flexibility index (Phi) is 5.46. The molecule has 2 aromatic rings. The number of benzene rings is 2. The minimum absolute atomic E-state index is 0.132. The first kappa shape index (κ1) is 17.5. The molecule has 2 N–H and O–H groups in total. The second-order valence-corrected chi connectivity index (χ2v) is 7.54. The molecule has 5 nitrogen and oxygen atoms in total. The molecule has 0 heterocycles. The fourth-order valence-corrected chi connectivity index (χ4v) is 3.59. The van der Waals surface area contributed by atoms with Crippen molar-refractivity contribution in [3.05, 3.63) is 63.3 Å². The standard InChI is InChI=1S/C16H16BrN2O3S/c1-3-4-12-9-13(17)10-15(16(12)18-20)19-23(21,22)14-7-5-11(2)6-8-14/h3-10,18-19H,1-2H3/q-1/b4-3-. The number of aryl methyl sites for hydroxylation is 1. The van der Waals surface area contributed by atoms with Crippen LogP contribution in [0.25, 0.3) is 6.08 Å². The number of sulfonamides is 1. The van der Waals surface area contributed by atoms with Crippen LogP contribution >= 0.6 is 15.9 Å². The lowest BCUT2D eigenvalue weighted by Gasteiger charge is -2.19. The number of allylic oxidation sites excluding steroid dienone is 1. The summed E-state index contributed by atoms with van der Waals surface area (Å²) in [5.74, 6) is 0. The molecule has 122 valence electrons. The third-order valence-electron chi connectivity index (χ3n) is 3.16. The normalized spacial score (nSPS) is 11.7. The van der Waals surface area contributed by atoms with E-state index >= 15 is 0 Å². The molecule has 0 aliphatic rings. The van der Waals surface area contributed by atoms with Crippen molar-refractivity contribution < 1.29 is 8.42 Å². The fourth-order valence-electron chi connectivity index (χ4n) is 2.05. The van der Waals surface area contributed by atoms with Gasteiger partial charge in [0.25, 0.3) is 10.0 Å². The van der Waals surface area contributed by atoms with E-state index < -0.39 is 10.0 Å². The highest BCUT2D eigenvalue weighted by Crippen LogP contribution is 2.33. The van der Waals surface area contributed by atoms with Gasteiger partial charge in [0.2, 0.25) is 0 Å². The number of nitrogens with one attached hydrogen (secondary N) is 2. The van der Waals surface area contributed by atoms with Gasteiger partial charge < -0.3 is 10.7 Å². The van der Waals surface area contributed by atoms with Crippen LogP contribution in [-0.4, -0.2) is 8.42 Å². The van der Waals surface area contributed by atoms with Crippen molar-refractivity contribution in [1.82, 2.24) is 0 Å². The lowest BCUT2D eigenvalue weighted by Crippen LogP contribution is -2.14. The molecule has 0 bridgehead atoms. The second-order valence-electron chi connectivity index (χ2n) is 4.94. The van der Waals surface area contributed by atoms with Crippen molar-refractivity contribution in [3.63, 3.8) is 0 Å². The molecule has 0 atom stereocenters. The molecular weight excluding hydrogens is 380 g/mol. The molecule has 2 rings (SSSR count). The molecule has 0 aromatic heterocycles. The zero-order valence-corrected chi connectivity index (χ0v) is 15.0. The summed E-state index contributed by atoms with van der Waals surface area (Å²) in [6.45, 7) is 3.69. The van der Waals surface area contributed by atoms with Gasteiger partial charge in [-0.3, -0.25) is 4.72 Å². The summed E-state index contributed by atoms with van der Waals surface area (Å²) in [5.41, 5.74) is 3.71. The van der Waals surface area contributed by atoms with E-state index in [0.717, 1.165) is 5.56 Å². The quantitative estimate of drug-likeness (QED) is 0.730. The first-order chi connectivity index (χ1) is 10.9. The van der Waals surface area contributed by atoms with Crippen LogP contribution in [0.3, 0.4) is 0 Å². The molecule has 0 amide bonds. The van der Waals surface area contributed by atoms with Gasteiger partial charge in [-0.1, -0.05) is 45.8 Å². The summed E-state index contributed by atoms with van der Waals surface area (Å²) < 4.78 is 28.1. The lowest BCUT2D eigenvalue weighted by molar-refractivity contribution is 0.601. The lowest BCUT2D eigenvalue weighted by atomic mass is 10.1. The zero-order chi connectivity index (χ0) is 17.0. The van der Waals surface area contributed by atoms with Crippen molar-refractivity contribution >= 4 is 43.4 Å². The molecule has 7 heteroatoms. The molecule has 0 radical (unpaired) electrons. The van der Waals surface area contributed by atoms with E-state index in [1.54, 1.807) is 36.4 Å². The van der Waals surface area contributed by atoms with Crippen molar-refractivity contribution in [2.24, 2.45) is 0 Å². The minimum atomic E-state index is -3.78. The van der Waals surface area contributed by atoms with E-state index in [-0.39, 0.29) is 16.3 Å². The maximum atomic E-state index is 12.5. The summed E-state index contributed by atoms with van der Waals surface area (Å²) in [6, 6.07) is 9.74. The van der Waals surface area contributed by atoms with Gasteiger partial charge in [-0.2, -0.15) is 0 Å². The summed E-state index contributed by atoms with van der Waals surface area (Å²) in [7, 11) is -3.78. The average Bonchev–Trinajstić information content (AvgIpc) is 2.47. The highest BCUT2D eigenvalue weighted by atomic mass is 79.9. The van der Waals surface area contributed by atoms with E-state index in [1.807, 2.05) is 19.3 Å². The predicted molar refractivity (Wildman–Crippen MR) is 97.8 cm³/mol. The highest BCUT2D eigenvalue weighted by Gasteiger charge is 2.17. The van der Waals surface area contributed by atoms with Gasteiger partial charge >= 0.3 is 0 Å². The van der Waals surface area contributed by atoms with Crippen LogP contribution in [0.5, 0.6) is 0 Å². The van der Waals surface area contributed by atoms with Crippen LogP contribution in [0, 0.1) is 12.1 Å². The Morgan fingerprint density at radius 3 is 2.39 bits per heavy atom. The highest BCUT2D eigenvalue weighted by molar-refractivity contribution is 9.10. The number of anilines is 2. The molecule has 2 aromatic carbocycles. The molecule has 0 aliphatic heterocycles. The van der Waals surface area contributed by atoms with Crippen molar-refractivity contribution in [1.29, 1.82) is 0 Å². The van der Waals surface area contributed by atoms with E-state index in [4.69, 9.17) is 0 Å². The van der Waals surface area contributed by atoms with Crippen molar-refractivity contribution in [2.45, 2.75) is 18.7 Å². The van der Waals surface area contributed by atoms with Gasteiger partial charge in [0, 0.05) is 4.47 Å². The van der Waals surface area contributed by atoms with Crippen LogP contribution in [0.2, 0.25) is 0 Å². The van der Waals surface area contributed by atoms with Gasteiger partial charge in [-0.15, -0.1) is 0 Å². The smallest absolute Gasteiger partial charge is 0.261 e. The Morgan fingerprint density at radius 2 is 1.83 bits per heavy atom. The Labute approximate surface area is 144 Å². The Morgan fingerprint density at radius 1 is 1.17 bits per heavy atom. The van der Waals surface area contributed by atoms with Gasteiger partial charge in [0.05, 0.1) is 16.3 Å². The summed E-state index contributed by atoms with van der Waals surface area (Å²) >= 11 is 3.32. The van der Waals surface area contributed by atoms with Crippen molar-refractivity contribution in [3.8, 4) is 0 Å². The van der Waals surface area contributed by atoms with Gasteiger partial charge in [-0.25, -0.2) is 8.42 Å². The zero-order valence-electron chi connectivity index (χ0n) is 12.6. The maximum absolute atomic E-state index is 12.5. The second kappa shape index (κ2) is 7.16. The largest absolute Gasteiger partial charge is 0.761 e. The third kappa shape index (κ3) is 4.13. The third-order valence-corrected chi connectivity index (χ3v) is 5.00. The monoisotopic (exact) mass is 395 g/mol. The molecule has 0 saturated heterocycles. The molecule has 0 aliphatic carbocycles. The molecule has 0 fully saturated rings. The number of rotatable bonds is 5.